The number of hydrogen-bond acceptors (Lipinski definition) is 3. The summed E-state index contributed by atoms with van der Waals surface area (Å²) in [5, 5.41) is 15.5. The highest BCUT2D eigenvalue weighted by Gasteiger charge is 2.16. The molecule has 0 aliphatic heterocycles. The maximum absolute atomic E-state index is 11.0. The van der Waals surface area contributed by atoms with Gasteiger partial charge in [0, 0.05) is 11.8 Å². The number of rotatable bonds is 5. The van der Waals surface area contributed by atoms with Gasteiger partial charge in [0.1, 0.15) is 4.47 Å². The van der Waals surface area contributed by atoms with E-state index in [1.54, 1.807) is 6.07 Å². The predicted molar refractivity (Wildman–Crippen MR) is 80.9 cm³/mol. The number of benzene rings is 1. The van der Waals surface area contributed by atoms with E-state index in [-0.39, 0.29) is 10.6 Å². The van der Waals surface area contributed by atoms with Crippen LogP contribution < -0.4 is 0 Å². The summed E-state index contributed by atoms with van der Waals surface area (Å²) in [5.74, 6) is 0. The van der Waals surface area contributed by atoms with Crippen molar-refractivity contribution < 1.29 is 4.92 Å². The minimum Gasteiger partial charge on any atom is -0.265 e. The van der Waals surface area contributed by atoms with Crippen LogP contribution in [0, 0.1) is 10.1 Å². The lowest BCUT2D eigenvalue weighted by Crippen LogP contribution is -2.07. The van der Waals surface area contributed by atoms with Gasteiger partial charge < -0.3 is 0 Å². The maximum Gasteiger partial charge on any atom is 0.283 e. The Morgan fingerprint density at radius 1 is 1.35 bits per heavy atom. The number of nitro groups is 1. The van der Waals surface area contributed by atoms with E-state index < -0.39 is 0 Å². The van der Waals surface area contributed by atoms with Crippen LogP contribution in [0.4, 0.5) is 5.69 Å². The van der Waals surface area contributed by atoms with Gasteiger partial charge in [-0.3, -0.25) is 14.8 Å². The number of nitro benzene ring substituents is 1. The van der Waals surface area contributed by atoms with Crippen molar-refractivity contribution in [3.8, 4) is 0 Å². The number of halogens is 1. The predicted octanol–water partition coefficient (Wildman–Crippen LogP) is 3.73. The fourth-order valence-corrected chi connectivity index (χ4v) is 2.63. The molecule has 0 fully saturated rings. The van der Waals surface area contributed by atoms with E-state index in [0.717, 1.165) is 29.8 Å². The fraction of sp³-hybridized carbons (Fsp3) is 0.357. The van der Waals surface area contributed by atoms with Gasteiger partial charge in [-0.25, -0.2) is 0 Å². The van der Waals surface area contributed by atoms with Crippen molar-refractivity contribution in [1.82, 2.24) is 9.78 Å². The van der Waals surface area contributed by atoms with Crippen LogP contribution in [0.1, 0.15) is 30.8 Å². The fourth-order valence-electron chi connectivity index (χ4n) is 2.10. The molecule has 0 radical (unpaired) electrons. The minimum atomic E-state index is -0.380. The third kappa shape index (κ3) is 2.90. The Hall–Kier alpha value is -1.69. The Morgan fingerprint density at radius 2 is 2.10 bits per heavy atom. The normalized spacial score (nSPS) is 10.8. The second kappa shape index (κ2) is 6.17. The first-order valence-electron chi connectivity index (χ1n) is 6.54. The number of aromatic nitrogens is 2. The highest BCUT2D eigenvalue weighted by Crippen LogP contribution is 2.29. The Morgan fingerprint density at radius 3 is 2.70 bits per heavy atom. The third-order valence-corrected chi connectivity index (χ3v) is 4.13. The summed E-state index contributed by atoms with van der Waals surface area (Å²) in [4.78, 5) is 10.6. The molecule has 2 aromatic rings. The molecule has 0 saturated heterocycles. The molecule has 0 saturated carbocycles. The lowest BCUT2D eigenvalue weighted by molar-refractivity contribution is -0.385. The van der Waals surface area contributed by atoms with Crippen molar-refractivity contribution >= 4 is 21.6 Å². The molecule has 0 bridgehead atoms. The highest BCUT2D eigenvalue weighted by atomic mass is 79.9. The molecular formula is C14H16BrN3O2. The molecule has 1 aromatic heterocycles. The average molecular weight is 338 g/mol. The molecule has 1 heterocycles. The van der Waals surface area contributed by atoms with Crippen LogP contribution in [0.2, 0.25) is 0 Å². The number of hydrogen-bond donors (Lipinski definition) is 0. The Kier molecular flexibility index (Phi) is 4.54. The van der Waals surface area contributed by atoms with Crippen LogP contribution in [-0.4, -0.2) is 14.7 Å². The Labute approximate surface area is 125 Å². The van der Waals surface area contributed by atoms with Gasteiger partial charge in [0.05, 0.1) is 17.2 Å². The van der Waals surface area contributed by atoms with Crippen LogP contribution in [-0.2, 0) is 19.4 Å². The first kappa shape index (κ1) is 14.7. The van der Waals surface area contributed by atoms with Gasteiger partial charge in [0.2, 0.25) is 0 Å². The molecule has 6 heteroatoms. The van der Waals surface area contributed by atoms with Gasteiger partial charge in [-0.2, -0.15) is 5.10 Å². The lowest BCUT2D eigenvalue weighted by atomic mass is 10.2. The van der Waals surface area contributed by atoms with Crippen LogP contribution in [0.3, 0.4) is 0 Å². The number of nitrogens with zero attached hydrogens (tertiary/aromatic N) is 3. The minimum absolute atomic E-state index is 0.0865. The number of aryl methyl sites for hydroxylation is 2. The molecule has 1 aromatic carbocycles. The summed E-state index contributed by atoms with van der Waals surface area (Å²) in [5.41, 5.74) is 3.13. The molecular weight excluding hydrogens is 322 g/mol. The largest absolute Gasteiger partial charge is 0.283 e. The van der Waals surface area contributed by atoms with Crippen molar-refractivity contribution in [2.45, 2.75) is 33.2 Å². The smallest absolute Gasteiger partial charge is 0.265 e. The van der Waals surface area contributed by atoms with E-state index in [9.17, 15) is 10.1 Å². The summed E-state index contributed by atoms with van der Waals surface area (Å²) in [6.45, 7) is 4.68. The van der Waals surface area contributed by atoms with Crippen LogP contribution >= 0.6 is 15.9 Å². The molecule has 5 nitrogen and oxygen atoms in total. The van der Waals surface area contributed by atoms with Gasteiger partial charge in [0.25, 0.3) is 5.69 Å². The highest BCUT2D eigenvalue weighted by molar-refractivity contribution is 9.10. The van der Waals surface area contributed by atoms with Gasteiger partial charge in [-0.15, -0.1) is 0 Å². The third-order valence-electron chi connectivity index (χ3n) is 3.21. The molecule has 0 amide bonds. The van der Waals surface area contributed by atoms with Gasteiger partial charge >= 0.3 is 0 Å². The molecule has 2 rings (SSSR count). The molecule has 0 aliphatic rings. The zero-order chi connectivity index (χ0) is 14.7. The molecule has 0 N–H and O–H groups in total. The van der Waals surface area contributed by atoms with E-state index >= 15 is 0 Å². The van der Waals surface area contributed by atoms with Crippen molar-refractivity contribution in [2.75, 3.05) is 0 Å². The van der Waals surface area contributed by atoms with E-state index in [2.05, 4.69) is 40.9 Å². The standard InChI is InChI=1S/C14H16BrN3O2/c1-3-11-8-12(4-2)17(16-11)9-10-6-5-7-13(14(10)15)18(19)20/h5-8H,3-4,9H2,1-2H3. The quantitative estimate of drug-likeness (QED) is 0.616. The summed E-state index contributed by atoms with van der Waals surface area (Å²) < 4.78 is 2.45. The molecule has 0 spiro atoms. The molecule has 0 unspecified atom stereocenters. The van der Waals surface area contributed by atoms with Gasteiger partial charge in [-0.05, 0) is 40.4 Å². The van der Waals surface area contributed by atoms with Crippen LogP contribution in [0.15, 0.2) is 28.7 Å². The second-order valence-electron chi connectivity index (χ2n) is 4.50. The molecule has 0 aliphatic carbocycles. The zero-order valence-electron chi connectivity index (χ0n) is 11.5. The van der Waals surface area contributed by atoms with Crippen molar-refractivity contribution in [3.05, 3.63) is 55.8 Å². The van der Waals surface area contributed by atoms with E-state index in [0.29, 0.717) is 11.0 Å². The topological polar surface area (TPSA) is 61.0 Å². The van der Waals surface area contributed by atoms with Crippen LogP contribution in [0.5, 0.6) is 0 Å². The first-order chi connectivity index (χ1) is 9.56. The second-order valence-corrected chi connectivity index (χ2v) is 5.29. The van der Waals surface area contributed by atoms with Gasteiger partial charge in [-0.1, -0.05) is 26.0 Å². The Bertz CT molecular complexity index is 637. The van der Waals surface area contributed by atoms with Crippen molar-refractivity contribution in [3.63, 3.8) is 0 Å². The summed E-state index contributed by atoms with van der Waals surface area (Å²) in [7, 11) is 0. The SMILES string of the molecule is CCc1cc(CC)n(Cc2cccc([N+](=O)[O-])c2Br)n1. The van der Waals surface area contributed by atoms with Crippen LogP contribution in [0.25, 0.3) is 0 Å². The molecule has 20 heavy (non-hydrogen) atoms. The average Bonchev–Trinajstić information content (AvgIpc) is 2.83. The van der Waals surface area contributed by atoms with Gasteiger partial charge in [0.15, 0.2) is 0 Å². The van der Waals surface area contributed by atoms with Crippen molar-refractivity contribution in [1.29, 1.82) is 0 Å². The van der Waals surface area contributed by atoms with E-state index in [1.165, 1.54) is 6.07 Å². The molecule has 106 valence electrons. The zero-order valence-corrected chi connectivity index (χ0v) is 13.1. The lowest BCUT2D eigenvalue weighted by Gasteiger charge is -2.08. The summed E-state index contributed by atoms with van der Waals surface area (Å²) in [6, 6.07) is 7.16. The van der Waals surface area contributed by atoms with E-state index in [4.69, 9.17) is 0 Å². The Balaban J connectivity index is 2.37. The molecule has 0 atom stereocenters. The summed E-state index contributed by atoms with van der Waals surface area (Å²) in [6.07, 6.45) is 1.77. The van der Waals surface area contributed by atoms with Crippen molar-refractivity contribution in [2.24, 2.45) is 0 Å². The van der Waals surface area contributed by atoms with E-state index in [1.807, 2.05) is 10.7 Å². The first-order valence-corrected chi connectivity index (χ1v) is 7.33. The maximum atomic E-state index is 11.0. The monoisotopic (exact) mass is 337 g/mol. The summed E-state index contributed by atoms with van der Waals surface area (Å²) >= 11 is 3.33.